The molecule has 1 fully saturated rings. The van der Waals surface area contributed by atoms with Gasteiger partial charge in [0.25, 0.3) is 0 Å². The number of aliphatic hydroxyl groups excluding tert-OH is 1. The molecule has 1 aromatic heterocycles. The Kier molecular flexibility index (Phi) is 3.25. The predicted molar refractivity (Wildman–Crippen MR) is 73.6 cm³/mol. The van der Waals surface area contributed by atoms with E-state index in [9.17, 15) is 9.90 Å². The second kappa shape index (κ2) is 5.05. The third-order valence-corrected chi connectivity index (χ3v) is 3.62. The molecule has 2 N–H and O–H groups in total. The standard InChI is InChI=1S/C15H18N2O2/c18-10-12-3-4-13-5-6-17(14(13)7-12)9-15(19)16-8-11-1-2-11/h3-7,11,18H,1-2,8-10H2,(H,16,19). The molecule has 2 aromatic rings. The molecule has 0 unspecified atom stereocenters. The minimum absolute atomic E-state index is 0.0228. The Balaban J connectivity index is 1.73. The lowest BCUT2D eigenvalue weighted by molar-refractivity contribution is -0.121. The first-order valence-electron chi connectivity index (χ1n) is 6.71. The van der Waals surface area contributed by atoms with Crippen molar-refractivity contribution in [3.63, 3.8) is 0 Å². The average Bonchev–Trinajstić information content (AvgIpc) is 3.18. The maximum atomic E-state index is 11.9. The predicted octanol–water partition coefficient (Wildman–Crippen LogP) is 1.66. The highest BCUT2D eigenvalue weighted by Gasteiger charge is 2.21. The summed E-state index contributed by atoms with van der Waals surface area (Å²) in [5.41, 5.74) is 1.86. The molecule has 0 spiro atoms. The van der Waals surface area contributed by atoms with Crippen LogP contribution in [0.15, 0.2) is 30.5 Å². The number of nitrogens with one attached hydrogen (secondary N) is 1. The summed E-state index contributed by atoms with van der Waals surface area (Å²) in [5, 5.41) is 13.2. The fourth-order valence-corrected chi connectivity index (χ4v) is 2.26. The molecule has 4 nitrogen and oxygen atoms in total. The van der Waals surface area contributed by atoms with Gasteiger partial charge in [-0.3, -0.25) is 4.79 Å². The van der Waals surface area contributed by atoms with Crippen molar-refractivity contribution in [1.29, 1.82) is 0 Å². The second-order valence-corrected chi connectivity index (χ2v) is 5.24. The molecule has 19 heavy (non-hydrogen) atoms. The monoisotopic (exact) mass is 258 g/mol. The van der Waals surface area contributed by atoms with E-state index in [4.69, 9.17) is 0 Å². The van der Waals surface area contributed by atoms with Crippen molar-refractivity contribution in [2.45, 2.75) is 26.0 Å². The van der Waals surface area contributed by atoms with Gasteiger partial charge in [0.2, 0.25) is 5.91 Å². The zero-order valence-corrected chi connectivity index (χ0v) is 10.8. The van der Waals surface area contributed by atoms with E-state index < -0.39 is 0 Å². The molecule has 1 amide bonds. The number of aromatic nitrogens is 1. The number of fused-ring (bicyclic) bond motifs is 1. The molecular formula is C15H18N2O2. The van der Waals surface area contributed by atoms with Crippen molar-refractivity contribution < 1.29 is 9.90 Å². The smallest absolute Gasteiger partial charge is 0.239 e. The molecule has 1 aromatic carbocycles. The number of amides is 1. The molecule has 1 aliphatic rings. The first-order valence-corrected chi connectivity index (χ1v) is 6.71. The number of hydrogen-bond donors (Lipinski definition) is 2. The Bertz CT molecular complexity index is 599. The fraction of sp³-hybridized carbons (Fsp3) is 0.400. The molecular weight excluding hydrogens is 240 g/mol. The highest BCUT2D eigenvalue weighted by Crippen LogP contribution is 2.27. The molecule has 0 atom stereocenters. The van der Waals surface area contributed by atoms with Crippen molar-refractivity contribution in [1.82, 2.24) is 9.88 Å². The third-order valence-electron chi connectivity index (χ3n) is 3.62. The van der Waals surface area contributed by atoms with E-state index >= 15 is 0 Å². The van der Waals surface area contributed by atoms with Crippen LogP contribution in [0.5, 0.6) is 0 Å². The first kappa shape index (κ1) is 12.2. The van der Waals surface area contributed by atoms with Gasteiger partial charge in [0.1, 0.15) is 6.54 Å². The van der Waals surface area contributed by atoms with Gasteiger partial charge in [0, 0.05) is 18.3 Å². The summed E-state index contributed by atoms with van der Waals surface area (Å²) in [6.07, 6.45) is 4.40. The van der Waals surface area contributed by atoms with Crippen LogP contribution in [0.25, 0.3) is 10.9 Å². The molecule has 100 valence electrons. The van der Waals surface area contributed by atoms with E-state index in [-0.39, 0.29) is 12.5 Å². The fourth-order valence-electron chi connectivity index (χ4n) is 2.26. The molecule has 4 heteroatoms. The largest absolute Gasteiger partial charge is 0.392 e. The second-order valence-electron chi connectivity index (χ2n) is 5.24. The molecule has 0 saturated heterocycles. The maximum Gasteiger partial charge on any atom is 0.239 e. The van der Waals surface area contributed by atoms with E-state index in [1.807, 2.05) is 35.0 Å². The van der Waals surface area contributed by atoms with Crippen LogP contribution in [0.2, 0.25) is 0 Å². The Morgan fingerprint density at radius 1 is 1.37 bits per heavy atom. The van der Waals surface area contributed by atoms with Gasteiger partial charge in [-0.05, 0) is 41.8 Å². The van der Waals surface area contributed by atoms with Gasteiger partial charge >= 0.3 is 0 Å². The van der Waals surface area contributed by atoms with Gasteiger partial charge in [-0.25, -0.2) is 0 Å². The molecule has 0 bridgehead atoms. The first-order chi connectivity index (χ1) is 9.26. The highest BCUT2D eigenvalue weighted by molar-refractivity contribution is 5.83. The summed E-state index contributed by atoms with van der Waals surface area (Å²) >= 11 is 0. The van der Waals surface area contributed by atoms with E-state index in [0.29, 0.717) is 12.5 Å². The lowest BCUT2D eigenvalue weighted by Crippen LogP contribution is -2.29. The lowest BCUT2D eigenvalue weighted by Gasteiger charge is -2.07. The Hall–Kier alpha value is -1.81. The van der Waals surface area contributed by atoms with Crippen LogP contribution in [-0.2, 0) is 17.9 Å². The van der Waals surface area contributed by atoms with Gasteiger partial charge < -0.3 is 15.0 Å². The molecule has 1 saturated carbocycles. The van der Waals surface area contributed by atoms with Gasteiger partial charge in [0.15, 0.2) is 0 Å². The zero-order chi connectivity index (χ0) is 13.2. The van der Waals surface area contributed by atoms with Crippen LogP contribution in [0.1, 0.15) is 18.4 Å². The SMILES string of the molecule is O=C(Cn1ccc2ccc(CO)cc21)NCC1CC1. The number of nitrogens with zero attached hydrogens (tertiary/aromatic N) is 1. The number of aliphatic hydroxyl groups is 1. The lowest BCUT2D eigenvalue weighted by atomic mass is 10.2. The molecule has 0 radical (unpaired) electrons. The van der Waals surface area contributed by atoms with Gasteiger partial charge in [-0.15, -0.1) is 0 Å². The van der Waals surface area contributed by atoms with Crippen LogP contribution in [0.4, 0.5) is 0 Å². The minimum Gasteiger partial charge on any atom is -0.392 e. The van der Waals surface area contributed by atoms with Crippen LogP contribution in [-0.4, -0.2) is 22.1 Å². The van der Waals surface area contributed by atoms with Crippen LogP contribution in [0.3, 0.4) is 0 Å². The Labute approximate surface area is 112 Å². The third kappa shape index (κ3) is 2.79. The normalized spacial score (nSPS) is 14.8. The van der Waals surface area contributed by atoms with Crippen molar-refractivity contribution >= 4 is 16.8 Å². The topological polar surface area (TPSA) is 54.3 Å². The quantitative estimate of drug-likeness (QED) is 0.857. The van der Waals surface area contributed by atoms with Crippen molar-refractivity contribution in [3.05, 3.63) is 36.0 Å². The highest BCUT2D eigenvalue weighted by atomic mass is 16.3. The number of hydrogen-bond acceptors (Lipinski definition) is 2. The zero-order valence-electron chi connectivity index (χ0n) is 10.8. The van der Waals surface area contributed by atoms with E-state index in [1.54, 1.807) is 0 Å². The van der Waals surface area contributed by atoms with Crippen LogP contribution >= 0.6 is 0 Å². The molecule has 1 aliphatic carbocycles. The van der Waals surface area contributed by atoms with Gasteiger partial charge in [-0.1, -0.05) is 12.1 Å². The van der Waals surface area contributed by atoms with Gasteiger partial charge in [-0.2, -0.15) is 0 Å². The summed E-state index contributed by atoms with van der Waals surface area (Å²) in [5.74, 6) is 0.755. The van der Waals surface area contributed by atoms with E-state index in [2.05, 4.69) is 5.32 Å². The van der Waals surface area contributed by atoms with Crippen molar-refractivity contribution in [2.24, 2.45) is 5.92 Å². The maximum absolute atomic E-state index is 11.9. The van der Waals surface area contributed by atoms with E-state index in [0.717, 1.165) is 23.0 Å². The number of carbonyl (C=O) groups is 1. The summed E-state index contributed by atoms with van der Waals surface area (Å²) in [7, 11) is 0. The van der Waals surface area contributed by atoms with Gasteiger partial charge in [0.05, 0.1) is 6.61 Å². The van der Waals surface area contributed by atoms with E-state index in [1.165, 1.54) is 12.8 Å². The minimum atomic E-state index is 0.0228. The summed E-state index contributed by atoms with van der Waals surface area (Å²) in [6, 6.07) is 7.80. The summed E-state index contributed by atoms with van der Waals surface area (Å²) < 4.78 is 1.93. The Morgan fingerprint density at radius 3 is 2.95 bits per heavy atom. The number of benzene rings is 1. The number of rotatable bonds is 5. The van der Waals surface area contributed by atoms with Crippen LogP contribution < -0.4 is 5.32 Å². The van der Waals surface area contributed by atoms with Crippen LogP contribution in [0, 0.1) is 5.92 Å². The average molecular weight is 258 g/mol. The molecule has 3 rings (SSSR count). The van der Waals surface area contributed by atoms with Crippen molar-refractivity contribution in [3.8, 4) is 0 Å². The van der Waals surface area contributed by atoms with Crippen molar-refractivity contribution in [2.75, 3.05) is 6.54 Å². The summed E-state index contributed by atoms with van der Waals surface area (Å²) in [6.45, 7) is 1.17. The number of carbonyl (C=O) groups excluding carboxylic acids is 1. The summed E-state index contributed by atoms with van der Waals surface area (Å²) in [4.78, 5) is 11.9. The molecule has 1 heterocycles. The molecule has 0 aliphatic heterocycles. The Morgan fingerprint density at radius 2 is 2.21 bits per heavy atom.